The van der Waals surface area contributed by atoms with Crippen LogP contribution in [0.2, 0.25) is 0 Å². The van der Waals surface area contributed by atoms with Crippen molar-refractivity contribution in [3.05, 3.63) is 54.3 Å². The van der Waals surface area contributed by atoms with Gasteiger partial charge in [0.25, 0.3) is 0 Å². The fourth-order valence-corrected chi connectivity index (χ4v) is 3.56. The first kappa shape index (κ1) is 19.9. The number of rotatable bonds is 10. The molecule has 7 nitrogen and oxygen atoms in total. The van der Waals surface area contributed by atoms with E-state index in [2.05, 4.69) is 46.1 Å². The number of nitrogens with one attached hydrogen (secondary N) is 1. The van der Waals surface area contributed by atoms with E-state index in [4.69, 9.17) is 20.1 Å². The molecule has 0 atom stereocenters. The van der Waals surface area contributed by atoms with Gasteiger partial charge < -0.3 is 20.0 Å². The Bertz CT molecular complexity index is 1070. The van der Waals surface area contributed by atoms with Gasteiger partial charge in [-0.3, -0.25) is 0 Å². The van der Waals surface area contributed by atoms with Gasteiger partial charge in [-0.25, -0.2) is 4.98 Å². The summed E-state index contributed by atoms with van der Waals surface area (Å²) in [5.41, 5.74) is 8.94. The summed E-state index contributed by atoms with van der Waals surface area (Å²) >= 11 is 0. The van der Waals surface area contributed by atoms with Crippen LogP contribution < -0.4 is 11.1 Å². The van der Waals surface area contributed by atoms with Crippen molar-refractivity contribution in [1.82, 2.24) is 19.5 Å². The molecule has 0 unspecified atom stereocenters. The van der Waals surface area contributed by atoms with Gasteiger partial charge in [-0.05, 0) is 37.0 Å². The Balaban J connectivity index is 1.55. The highest BCUT2D eigenvalue weighted by atomic mass is 16.3. The first-order chi connectivity index (χ1) is 14.8. The standard InChI is InChI=1S/C23H28N6O/c1-2-3-7-15-29-21(18-13-9-16-30-18)26-19-20(24)27-23(28-22(19)29)25-14-8-12-17-10-5-4-6-11-17/h4-6,9-11,13,16H,2-3,7-8,12,14-15H2,1H3,(H3,24,25,27,28). The molecule has 156 valence electrons. The third-order valence-electron chi connectivity index (χ3n) is 5.12. The van der Waals surface area contributed by atoms with E-state index >= 15 is 0 Å². The Morgan fingerprint density at radius 1 is 1.00 bits per heavy atom. The van der Waals surface area contributed by atoms with Gasteiger partial charge in [0, 0.05) is 13.1 Å². The fourth-order valence-electron chi connectivity index (χ4n) is 3.56. The molecule has 0 saturated heterocycles. The van der Waals surface area contributed by atoms with E-state index in [1.165, 1.54) is 5.56 Å². The van der Waals surface area contributed by atoms with E-state index < -0.39 is 0 Å². The predicted octanol–water partition coefficient (Wildman–Crippen LogP) is 4.90. The minimum atomic E-state index is 0.382. The summed E-state index contributed by atoms with van der Waals surface area (Å²) < 4.78 is 7.69. The Morgan fingerprint density at radius 2 is 1.87 bits per heavy atom. The Morgan fingerprint density at radius 3 is 2.63 bits per heavy atom. The highest BCUT2D eigenvalue weighted by Gasteiger charge is 2.19. The van der Waals surface area contributed by atoms with Crippen LogP contribution in [0.1, 0.15) is 38.2 Å². The van der Waals surface area contributed by atoms with Crippen LogP contribution in [-0.2, 0) is 13.0 Å². The Kier molecular flexibility index (Phi) is 6.27. The molecule has 30 heavy (non-hydrogen) atoms. The zero-order chi connectivity index (χ0) is 20.8. The smallest absolute Gasteiger partial charge is 0.226 e. The molecule has 0 bridgehead atoms. The van der Waals surface area contributed by atoms with Gasteiger partial charge in [0.15, 0.2) is 28.6 Å². The number of nitrogens with zero attached hydrogens (tertiary/aromatic N) is 4. The second-order valence-corrected chi connectivity index (χ2v) is 7.39. The topological polar surface area (TPSA) is 94.8 Å². The predicted molar refractivity (Wildman–Crippen MR) is 120 cm³/mol. The van der Waals surface area contributed by atoms with Crippen LogP contribution in [0, 0.1) is 0 Å². The molecular weight excluding hydrogens is 376 g/mol. The van der Waals surface area contributed by atoms with Crippen LogP contribution in [0.15, 0.2) is 53.1 Å². The minimum absolute atomic E-state index is 0.382. The van der Waals surface area contributed by atoms with Gasteiger partial charge in [0.05, 0.1) is 6.26 Å². The lowest BCUT2D eigenvalue weighted by Crippen LogP contribution is -2.09. The number of hydrogen-bond donors (Lipinski definition) is 2. The third kappa shape index (κ3) is 4.45. The van der Waals surface area contributed by atoms with Crippen molar-refractivity contribution in [2.24, 2.45) is 0 Å². The maximum atomic E-state index is 6.25. The molecule has 0 radical (unpaired) electrons. The van der Waals surface area contributed by atoms with Crippen molar-refractivity contribution in [2.75, 3.05) is 17.6 Å². The number of nitrogen functional groups attached to an aromatic ring is 1. The minimum Gasteiger partial charge on any atom is -0.461 e. The molecule has 7 heteroatoms. The number of aryl methyl sites for hydroxylation is 2. The van der Waals surface area contributed by atoms with E-state index in [1.807, 2.05) is 18.2 Å². The molecule has 0 aliphatic carbocycles. The molecule has 0 saturated carbocycles. The van der Waals surface area contributed by atoms with E-state index in [1.54, 1.807) is 6.26 Å². The molecule has 3 heterocycles. The largest absolute Gasteiger partial charge is 0.461 e. The second-order valence-electron chi connectivity index (χ2n) is 7.39. The molecule has 0 spiro atoms. The molecule has 3 aromatic heterocycles. The lowest BCUT2D eigenvalue weighted by atomic mass is 10.1. The van der Waals surface area contributed by atoms with Crippen LogP contribution in [-0.4, -0.2) is 26.1 Å². The zero-order valence-corrected chi connectivity index (χ0v) is 17.3. The fraction of sp³-hybridized carbons (Fsp3) is 0.348. The molecule has 4 rings (SSSR count). The molecule has 3 N–H and O–H groups in total. The monoisotopic (exact) mass is 404 g/mol. The Labute approximate surface area is 176 Å². The third-order valence-corrected chi connectivity index (χ3v) is 5.12. The average Bonchev–Trinajstić information content (AvgIpc) is 3.41. The van der Waals surface area contributed by atoms with Crippen LogP contribution in [0.3, 0.4) is 0 Å². The molecule has 0 amide bonds. The Hall–Kier alpha value is -3.35. The first-order valence-corrected chi connectivity index (χ1v) is 10.6. The number of hydrogen-bond acceptors (Lipinski definition) is 6. The van der Waals surface area contributed by atoms with Gasteiger partial charge >= 0.3 is 0 Å². The van der Waals surface area contributed by atoms with Crippen molar-refractivity contribution in [3.63, 3.8) is 0 Å². The van der Waals surface area contributed by atoms with Crippen molar-refractivity contribution < 1.29 is 4.42 Å². The van der Waals surface area contributed by atoms with Gasteiger partial charge in [-0.1, -0.05) is 50.1 Å². The van der Waals surface area contributed by atoms with Crippen molar-refractivity contribution >= 4 is 22.9 Å². The SMILES string of the molecule is CCCCCn1c(-c2ccco2)nc2c(N)nc(NCCCc3ccccc3)nc21. The maximum absolute atomic E-state index is 6.25. The average molecular weight is 405 g/mol. The molecule has 1 aromatic carbocycles. The lowest BCUT2D eigenvalue weighted by Gasteiger charge is -2.09. The molecular formula is C23H28N6O. The number of fused-ring (bicyclic) bond motifs is 1. The highest BCUT2D eigenvalue weighted by molar-refractivity contribution is 5.86. The number of unbranched alkanes of at least 4 members (excludes halogenated alkanes) is 2. The number of imidazole rings is 1. The first-order valence-electron chi connectivity index (χ1n) is 10.6. The number of nitrogens with two attached hydrogens (primary N) is 1. The van der Waals surface area contributed by atoms with Crippen molar-refractivity contribution in [1.29, 1.82) is 0 Å². The molecule has 0 aliphatic rings. The van der Waals surface area contributed by atoms with Crippen molar-refractivity contribution in [2.45, 2.75) is 45.6 Å². The van der Waals surface area contributed by atoms with Gasteiger partial charge in [-0.15, -0.1) is 0 Å². The van der Waals surface area contributed by atoms with E-state index in [0.29, 0.717) is 23.0 Å². The van der Waals surface area contributed by atoms with E-state index in [0.717, 1.165) is 56.7 Å². The number of anilines is 2. The maximum Gasteiger partial charge on any atom is 0.226 e. The van der Waals surface area contributed by atoms with Gasteiger partial charge in [0.2, 0.25) is 5.95 Å². The summed E-state index contributed by atoms with van der Waals surface area (Å²) in [6, 6.07) is 14.2. The van der Waals surface area contributed by atoms with Crippen molar-refractivity contribution in [3.8, 4) is 11.6 Å². The summed E-state index contributed by atoms with van der Waals surface area (Å²) in [6.45, 7) is 3.77. The van der Waals surface area contributed by atoms with E-state index in [9.17, 15) is 0 Å². The number of furan rings is 1. The van der Waals surface area contributed by atoms with Gasteiger partial charge in [-0.2, -0.15) is 9.97 Å². The number of benzene rings is 1. The van der Waals surface area contributed by atoms with E-state index in [-0.39, 0.29) is 0 Å². The van der Waals surface area contributed by atoms with Gasteiger partial charge in [0.1, 0.15) is 0 Å². The normalized spacial score (nSPS) is 11.2. The summed E-state index contributed by atoms with van der Waals surface area (Å²) in [7, 11) is 0. The molecule has 4 aromatic rings. The summed E-state index contributed by atoms with van der Waals surface area (Å²) in [6.07, 6.45) is 6.97. The molecule has 0 fully saturated rings. The second kappa shape index (κ2) is 9.43. The summed E-state index contributed by atoms with van der Waals surface area (Å²) in [4.78, 5) is 13.9. The van der Waals surface area contributed by atoms with Crippen LogP contribution in [0.25, 0.3) is 22.7 Å². The zero-order valence-electron chi connectivity index (χ0n) is 17.3. The number of aromatic nitrogens is 4. The highest BCUT2D eigenvalue weighted by Crippen LogP contribution is 2.28. The van der Waals surface area contributed by atoms with Crippen LogP contribution in [0.5, 0.6) is 0 Å². The summed E-state index contributed by atoms with van der Waals surface area (Å²) in [5.74, 6) is 2.37. The quantitative estimate of drug-likeness (QED) is 0.365. The van der Waals surface area contributed by atoms with Crippen LogP contribution in [0.4, 0.5) is 11.8 Å². The van der Waals surface area contributed by atoms with Crippen LogP contribution >= 0.6 is 0 Å². The lowest BCUT2D eigenvalue weighted by molar-refractivity contribution is 0.560. The molecule has 0 aliphatic heterocycles. The summed E-state index contributed by atoms with van der Waals surface area (Å²) in [5, 5.41) is 3.32.